The molecular formula is C11H13ClO3. The van der Waals surface area contributed by atoms with Crippen LogP contribution in [0.15, 0.2) is 18.2 Å². The first-order valence-corrected chi connectivity index (χ1v) is 5.15. The number of halogens is 1. The molecule has 0 spiro atoms. The largest absolute Gasteiger partial charge is 0.506 e. The van der Waals surface area contributed by atoms with E-state index in [1.807, 2.05) is 0 Å². The molecule has 0 heterocycles. The first-order valence-electron chi connectivity index (χ1n) is 4.77. The van der Waals surface area contributed by atoms with Crippen LogP contribution < -0.4 is 0 Å². The summed E-state index contributed by atoms with van der Waals surface area (Å²) in [7, 11) is 0. The van der Waals surface area contributed by atoms with E-state index >= 15 is 0 Å². The Bertz CT molecular complexity index is 350. The fraction of sp³-hybridized carbons (Fsp3) is 0.364. The number of phenolic OH excluding ortho intramolecular Hbond substituents is 1. The summed E-state index contributed by atoms with van der Waals surface area (Å²) in [5.74, 6) is -0.213. The first-order chi connectivity index (χ1) is 7.15. The Kier molecular flexibility index (Phi) is 4.43. The molecule has 3 nitrogen and oxygen atoms in total. The average molecular weight is 229 g/mol. The van der Waals surface area contributed by atoms with Crippen LogP contribution in [0.5, 0.6) is 5.75 Å². The van der Waals surface area contributed by atoms with E-state index in [2.05, 4.69) is 0 Å². The zero-order valence-electron chi connectivity index (χ0n) is 8.50. The molecule has 0 saturated heterocycles. The highest BCUT2D eigenvalue weighted by Crippen LogP contribution is 2.27. The number of esters is 1. The number of phenols is 1. The molecule has 4 heteroatoms. The summed E-state index contributed by atoms with van der Waals surface area (Å²) in [5.41, 5.74) is 0.754. The van der Waals surface area contributed by atoms with Gasteiger partial charge in [0, 0.05) is 6.42 Å². The van der Waals surface area contributed by atoms with Crippen molar-refractivity contribution in [2.45, 2.75) is 19.8 Å². The summed E-state index contributed by atoms with van der Waals surface area (Å²) in [6.45, 7) is 2.14. The monoisotopic (exact) mass is 228 g/mol. The highest BCUT2D eigenvalue weighted by Gasteiger charge is 2.07. The van der Waals surface area contributed by atoms with Crippen molar-refractivity contribution in [2.24, 2.45) is 0 Å². The maximum absolute atomic E-state index is 11.1. The minimum absolute atomic E-state index is 0.0398. The highest BCUT2D eigenvalue weighted by atomic mass is 35.5. The molecule has 1 rings (SSSR count). The van der Waals surface area contributed by atoms with Crippen molar-refractivity contribution in [3.8, 4) is 5.75 Å². The van der Waals surface area contributed by atoms with Crippen molar-refractivity contribution >= 4 is 17.6 Å². The van der Waals surface area contributed by atoms with Gasteiger partial charge in [0.15, 0.2) is 0 Å². The number of rotatable bonds is 4. The molecule has 0 unspecified atom stereocenters. The Morgan fingerprint density at radius 2 is 2.27 bits per heavy atom. The van der Waals surface area contributed by atoms with Crippen molar-refractivity contribution in [3.05, 3.63) is 28.8 Å². The summed E-state index contributed by atoms with van der Waals surface area (Å²) in [4.78, 5) is 11.1. The molecule has 0 bridgehead atoms. The van der Waals surface area contributed by atoms with Crippen molar-refractivity contribution in [2.75, 3.05) is 6.61 Å². The summed E-state index contributed by atoms with van der Waals surface area (Å²) in [6, 6.07) is 4.99. The molecule has 1 aromatic rings. The van der Waals surface area contributed by atoms with Gasteiger partial charge in [-0.1, -0.05) is 23.7 Å². The Labute approximate surface area is 93.6 Å². The predicted octanol–water partition coefficient (Wildman–Crippen LogP) is 2.54. The van der Waals surface area contributed by atoms with Gasteiger partial charge in [-0.25, -0.2) is 0 Å². The lowest BCUT2D eigenvalue weighted by molar-refractivity contribution is -0.143. The van der Waals surface area contributed by atoms with E-state index in [4.69, 9.17) is 16.3 Å². The second-order valence-electron chi connectivity index (χ2n) is 3.06. The molecule has 82 valence electrons. The quantitative estimate of drug-likeness (QED) is 0.806. The smallest absolute Gasteiger partial charge is 0.306 e. The molecule has 0 saturated carbocycles. The second-order valence-corrected chi connectivity index (χ2v) is 3.43. The van der Waals surface area contributed by atoms with Gasteiger partial charge >= 0.3 is 5.97 Å². The van der Waals surface area contributed by atoms with Crippen LogP contribution in [0.25, 0.3) is 0 Å². The standard InChI is InChI=1S/C11H13ClO3/c1-2-15-10(14)7-6-8-4-3-5-9(13)11(8)12/h3-5,13H,2,6-7H2,1H3. The van der Waals surface area contributed by atoms with Crippen molar-refractivity contribution in [1.29, 1.82) is 0 Å². The summed E-state index contributed by atoms with van der Waals surface area (Å²) < 4.78 is 4.79. The third-order valence-corrected chi connectivity index (χ3v) is 2.40. The SMILES string of the molecule is CCOC(=O)CCc1cccc(O)c1Cl. The Morgan fingerprint density at radius 1 is 1.53 bits per heavy atom. The van der Waals surface area contributed by atoms with Crippen molar-refractivity contribution < 1.29 is 14.6 Å². The fourth-order valence-corrected chi connectivity index (χ4v) is 1.45. The van der Waals surface area contributed by atoms with E-state index < -0.39 is 0 Å². The zero-order valence-corrected chi connectivity index (χ0v) is 9.25. The average Bonchev–Trinajstić information content (AvgIpc) is 2.21. The Hall–Kier alpha value is -1.22. The molecule has 0 amide bonds. The van der Waals surface area contributed by atoms with E-state index in [1.54, 1.807) is 19.1 Å². The molecule has 1 aromatic carbocycles. The van der Waals surface area contributed by atoms with Crippen LogP contribution in [0, 0.1) is 0 Å². The number of hydrogen-bond donors (Lipinski definition) is 1. The van der Waals surface area contributed by atoms with E-state index in [1.165, 1.54) is 6.07 Å². The van der Waals surface area contributed by atoms with Crippen LogP contribution in [0.1, 0.15) is 18.9 Å². The summed E-state index contributed by atoms with van der Waals surface area (Å²) in [5, 5.41) is 9.63. The van der Waals surface area contributed by atoms with Crippen molar-refractivity contribution in [1.82, 2.24) is 0 Å². The van der Waals surface area contributed by atoms with Gasteiger partial charge in [-0.15, -0.1) is 0 Å². The molecule has 0 aromatic heterocycles. The molecule has 0 aliphatic heterocycles. The third kappa shape index (κ3) is 3.44. The number of benzene rings is 1. The van der Waals surface area contributed by atoms with E-state index in [0.29, 0.717) is 18.1 Å². The number of ether oxygens (including phenoxy) is 1. The van der Waals surface area contributed by atoms with Gasteiger partial charge < -0.3 is 9.84 Å². The van der Waals surface area contributed by atoms with Gasteiger partial charge in [0.2, 0.25) is 0 Å². The molecular weight excluding hydrogens is 216 g/mol. The lowest BCUT2D eigenvalue weighted by Gasteiger charge is -2.05. The Morgan fingerprint density at radius 3 is 2.93 bits per heavy atom. The minimum Gasteiger partial charge on any atom is -0.506 e. The maximum Gasteiger partial charge on any atom is 0.306 e. The van der Waals surface area contributed by atoms with Gasteiger partial charge in [-0.3, -0.25) is 4.79 Å². The highest BCUT2D eigenvalue weighted by molar-refractivity contribution is 6.32. The van der Waals surface area contributed by atoms with Gasteiger partial charge in [0.25, 0.3) is 0 Å². The molecule has 0 aliphatic carbocycles. The third-order valence-electron chi connectivity index (χ3n) is 1.96. The summed E-state index contributed by atoms with van der Waals surface area (Å²) in [6.07, 6.45) is 0.753. The molecule has 0 atom stereocenters. The molecule has 1 N–H and O–H groups in total. The van der Waals surface area contributed by atoms with Gasteiger partial charge in [0.1, 0.15) is 5.75 Å². The van der Waals surface area contributed by atoms with Gasteiger partial charge in [0.05, 0.1) is 11.6 Å². The van der Waals surface area contributed by atoms with E-state index in [9.17, 15) is 9.90 Å². The van der Waals surface area contributed by atoms with Gasteiger partial charge in [-0.05, 0) is 25.0 Å². The number of hydrogen-bond acceptors (Lipinski definition) is 3. The van der Waals surface area contributed by atoms with Crippen LogP contribution in [0.2, 0.25) is 5.02 Å². The number of carbonyl (C=O) groups excluding carboxylic acids is 1. The van der Waals surface area contributed by atoms with Crippen LogP contribution in [-0.4, -0.2) is 17.7 Å². The molecule has 0 radical (unpaired) electrons. The molecule has 0 fully saturated rings. The first kappa shape index (κ1) is 11.9. The maximum atomic E-state index is 11.1. The Balaban J connectivity index is 2.58. The van der Waals surface area contributed by atoms with Crippen LogP contribution in [0.4, 0.5) is 0 Å². The van der Waals surface area contributed by atoms with Crippen LogP contribution in [0.3, 0.4) is 0 Å². The van der Waals surface area contributed by atoms with E-state index in [-0.39, 0.29) is 18.1 Å². The number of aromatic hydroxyl groups is 1. The zero-order chi connectivity index (χ0) is 11.3. The van der Waals surface area contributed by atoms with Crippen molar-refractivity contribution in [3.63, 3.8) is 0 Å². The fourth-order valence-electron chi connectivity index (χ4n) is 1.23. The van der Waals surface area contributed by atoms with Crippen LogP contribution in [-0.2, 0) is 16.0 Å². The number of aryl methyl sites for hydroxylation is 1. The molecule has 0 aliphatic rings. The summed E-state index contributed by atoms with van der Waals surface area (Å²) >= 11 is 5.85. The van der Waals surface area contributed by atoms with Crippen LogP contribution >= 0.6 is 11.6 Å². The number of carbonyl (C=O) groups is 1. The van der Waals surface area contributed by atoms with E-state index in [0.717, 1.165) is 5.56 Å². The normalized spacial score (nSPS) is 10.0. The van der Waals surface area contributed by atoms with Gasteiger partial charge in [-0.2, -0.15) is 0 Å². The molecule has 15 heavy (non-hydrogen) atoms. The topological polar surface area (TPSA) is 46.5 Å². The predicted molar refractivity (Wildman–Crippen MR) is 58.1 cm³/mol. The second kappa shape index (κ2) is 5.61. The lowest BCUT2D eigenvalue weighted by Crippen LogP contribution is -2.05. The minimum atomic E-state index is -0.253. The lowest BCUT2D eigenvalue weighted by atomic mass is 10.1.